The SMILES string of the molecule is CNc1ncnc(N)c1C(=N)c1ccc2[nH]cc(C)c2c1.Cn1nc(-c2cccc(N)c2)c2c(N)ncnc21. The summed E-state index contributed by atoms with van der Waals surface area (Å²) in [7, 11) is 3.57. The third kappa shape index (κ3) is 4.66. The first-order valence-electron chi connectivity index (χ1n) is 12.0. The Balaban J connectivity index is 0.000000160. The maximum Gasteiger partial charge on any atom is 0.163 e. The van der Waals surface area contributed by atoms with Crippen molar-refractivity contribution >= 4 is 50.8 Å². The summed E-state index contributed by atoms with van der Waals surface area (Å²) in [6.07, 6.45) is 4.77. The third-order valence-corrected chi connectivity index (χ3v) is 6.35. The summed E-state index contributed by atoms with van der Waals surface area (Å²) in [5.74, 6) is 1.27. The summed E-state index contributed by atoms with van der Waals surface area (Å²) >= 11 is 0. The molecule has 0 unspecified atom stereocenters. The van der Waals surface area contributed by atoms with Gasteiger partial charge in [0.1, 0.15) is 35.8 Å². The molecule has 6 rings (SSSR count). The number of anilines is 4. The minimum Gasteiger partial charge on any atom is -0.399 e. The number of H-pyrrole nitrogens is 1. The molecule has 0 amide bonds. The number of hydrogen-bond acceptors (Lipinski definition) is 10. The lowest BCUT2D eigenvalue weighted by molar-refractivity contribution is 0.789. The van der Waals surface area contributed by atoms with Crippen molar-refractivity contribution in [2.45, 2.75) is 6.92 Å². The summed E-state index contributed by atoms with van der Waals surface area (Å²) in [5.41, 5.74) is 24.5. The molecule has 0 radical (unpaired) electrons. The molecule has 0 spiro atoms. The summed E-state index contributed by atoms with van der Waals surface area (Å²) in [6, 6.07) is 13.3. The average Bonchev–Trinajstić information content (AvgIpc) is 3.48. The predicted octanol–water partition coefficient (Wildman–Crippen LogP) is 3.50. The number of aromatic amines is 1. The Morgan fingerprint density at radius 1 is 0.974 bits per heavy atom. The number of nitrogens with zero attached hydrogens (tertiary/aromatic N) is 6. The van der Waals surface area contributed by atoms with Crippen molar-refractivity contribution in [2.75, 3.05) is 29.6 Å². The molecule has 4 aromatic heterocycles. The van der Waals surface area contributed by atoms with Gasteiger partial charge in [0.2, 0.25) is 0 Å². The first kappa shape index (κ1) is 25.1. The van der Waals surface area contributed by atoms with Gasteiger partial charge in [-0.15, -0.1) is 0 Å². The molecule has 12 heteroatoms. The molecule has 12 nitrogen and oxygen atoms in total. The Labute approximate surface area is 223 Å². The van der Waals surface area contributed by atoms with Crippen molar-refractivity contribution in [1.82, 2.24) is 34.7 Å². The van der Waals surface area contributed by atoms with Crippen molar-refractivity contribution in [3.63, 3.8) is 0 Å². The molecule has 2 aromatic carbocycles. The molecule has 0 aliphatic carbocycles. The van der Waals surface area contributed by atoms with E-state index < -0.39 is 0 Å². The lowest BCUT2D eigenvalue weighted by Gasteiger charge is -2.11. The Morgan fingerprint density at radius 2 is 1.74 bits per heavy atom. The highest BCUT2D eigenvalue weighted by molar-refractivity contribution is 6.17. The van der Waals surface area contributed by atoms with Crippen molar-refractivity contribution in [3.05, 3.63) is 78.0 Å². The van der Waals surface area contributed by atoms with Crippen LogP contribution < -0.4 is 22.5 Å². The zero-order valence-electron chi connectivity index (χ0n) is 21.7. The van der Waals surface area contributed by atoms with Crippen molar-refractivity contribution in [2.24, 2.45) is 7.05 Å². The van der Waals surface area contributed by atoms with Crippen LogP contribution in [0.4, 0.5) is 23.1 Å². The fourth-order valence-corrected chi connectivity index (χ4v) is 4.39. The quantitative estimate of drug-likeness (QED) is 0.149. The van der Waals surface area contributed by atoms with E-state index in [1.165, 1.54) is 12.7 Å². The largest absolute Gasteiger partial charge is 0.399 e. The van der Waals surface area contributed by atoms with Crippen LogP contribution in [0, 0.1) is 12.3 Å². The second kappa shape index (κ2) is 10.1. The number of aromatic nitrogens is 7. The van der Waals surface area contributed by atoms with E-state index in [2.05, 4.69) is 35.3 Å². The van der Waals surface area contributed by atoms with E-state index in [-0.39, 0.29) is 0 Å². The van der Waals surface area contributed by atoms with Gasteiger partial charge in [0.25, 0.3) is 0 Å². The van der Waals surface area contributed by atoms with Gasteiger partial charge in [-0.3, -0.25) is 5.41 Å². The molecule has 9 N–H and O–H groups in total. The molecular weight excluding hydrogens is 492 g/mol. The first-order chi connectivity index (χ1) is 18.8. The number of aryl methyl sites for hydroxylation is 2. The highest BCUT2D eigenvalue weighted by Gasteiger charge is 2.17. The Bertz CT molecular complexity index is 1830. The smallest absolute Gasteiger partial charge is 0.163 e. The maximum absolute atomic E-state index is 8.44. The normalized spacial score (nSPS) is 10.8. The highest BCUT2D eigenvalue weighted by Crippen LogP contribution is 2.30. The summed E-state index contributed by atoms with van der Waals surface area (Å²) in [5, 5.41) is 17.7. The number of nitrogens with one attached hydrogen (secondary N) is 3. The van der Waals surface area contributed by atoms with Crippen molar-refractivity contribution in [3.8, 4) is 11.3 Å². The summed E-state index contributed by atoms with van der Waals surface area (Å²) < 4.78 is 1.69. The number of rotatable bonds is 4. The van der Waals surface area contributed by atoms with Gasteiger partial charge in [0.05, 0.1) is 16.7 Å². The van der Waals surface area contributed by atoms with Crippen LogP contribution in [0.2, 0.25) is 0 Å². The number of nitrogens with two attached hydrogens (primary N) is 3. The fraction of sp³-hybridized carbons (Fsp3) is 0.111. The number of nitrogen functional groups attached to an aromatic ring is 3. The number of benzene rings is 2. The highest BCUT2D eigenvalue weighted by atomic mass is 15.3. The molecule has 0 aliphatic rings. The fourth-order valence-electron chi connectivity index (χ4n) is 4.39. The predicted molar refractivity (Wildman–Crippen MR) is 156 cm³/mol. The van der Waals surface area contributed by atoms with Gasteiger partial charge < -0.3 is 27.5 Å². The van der Waals surface area contributed by atoms with Crippen LogP contribution >= 0.6 is 0 Å². The van der Waals surface area contributed by atoms with Gasteiger partial charge in [0.15, 0.2) is 5.65 Å². The summed E-state index contributed by atoms with van der Waals surface area (Å²) in [6.45, 7) is 2.03. The Morgan fingerprint density at radius 3 is 2.51 bits per heavy atom. The molecule has 0 atom stereocenters. The molecule has 0 aliphatic heterocycles. The minimum absolute atomic E-state index is 0.297. The molecule has 196 valence electrons. The van der Waals surface area contributed by atoms with E-state index in [4.69, 9.17) is 22.6 Å². The molecule has 0 saturated heterocycles. The van der Waals surface area contributed by atoms with E-state index in [0.717, 1.165) is 38.7 Å². The topological polar surface area (TPSA) is 199 Å². The van der Waals surface area contributed by atoms with E-state index in [0.29, 0.717) is 40.1 Å². The van der Waals surface area contributed by atoms with Gasteiger partial charge in [-0.1, -0.05) is 18.2 Å². The van der Waals surface area contributed by atoms with Gasteiger partial charge in [-0.25, -0.2) is 24.6 Å². The zero-order chi connectivity index (χ0) is 27.7. The second-order valence-electron chi connectivity index (χ2n) is 8.89. The van der Waals surface area contributed by atoms with Crippen LogP contribution in [0.1, 0.15) is 16.7 Å². The summed E-state index contributed by atoms with van der Waals surface area (Å²) in [4.78, 5) is 19.5. The third-order valence-electron chi connectivity index (χ3n) is 6.35. The van der Waals surface area contributed by atoms with Crippen LogP contribution in [-0.4, -0.2) is 47.5 Å². The van der Waals surface area contributed by atoms with Gasteiger partial charge in [-0.05, 0) is 36.8 Å². The number of fused-ring (bicyclic) bond motifs is 2. The maximum atomic E-state index is 8.44. The lowest BCUT2D eigenvalue weighted by atomic mass is 10.0. The molecular formula is C27H28N12. The van der Waals surface area contributed by atoms with Gasteiger partial charge in [-0.2, -0.15) is 5.10 Å². The Hall–Kier alpha value is -5.52. The zero-order valence-corrected chi connectivity index (χ0v) is 21.7. The van der Waals surface area contributed by atoms with Crippen molar-refractivity contribution in [1.29, 1.82) is 5.41 Å². The molecule has 0 bridgehead atoms. The second-order valence-corrected chi connectivity index (χ2v) is 8.89. The van der Waals surface area contributed by atoms with Crippen LogP contribution in [0.25, 0.3) is 33.2 Å². The van der Waals surface area contributed by atoms with E-state index in [1.54, 1.807) is 11.7 Å². The van der Waals surface area contributed by atoms with Crippen LogP contribution in [0.5, 0.6) is 0 Å². The van der Waals surface area contributed by atoms with Gasteiger partial charge >= 0.3 is 0 Å². The number of hydrogen-bond donors (Lipinski definition) is 6. The van der Waals surface area contributed by atoms with Gasteiger partial charge in [0, 0.05) is 48.0 Å². The molecule has 4 heterocycles. The standard InChI is InChI=1S/C15H16N6.C12H12N6/c1-8-6-19-11-4-3-9(5-10(8)11)13(16)12-14(17)20-7-21-15(12)18-2;1-18-12-9(11(14)15-6-16-12)10(17-18)7-3-2-4-8(13)5-7/h3-7,16,19H,1-2H3,(H3,17,18,20,21);2-6H,13H2,1H3,(H2,14,15,16). The monoisotopic (exact) mass is 520 g/mol. The average molecular weight is 521 g/mol. The van der Waals surface area contributed by atoms with E-state index in [9.17, 15) is 0 Å². The Kier molecular flexibility index (Phi) is 6.51. The molecule has 6 aromatic rings. The van der Waals surface area contributed by atoms with E-state index >= 15 is 0 Å². The molecule has 0 saturated carbocycles. The van der Waals surface area contributed by atoms with Crippen molar-refractivity contribution < 1.29 is 0 Å². The molecule has 0 fully saturated rings. The first-order valence-corrected chi connectivity index (χ1v) is 12.0. The van der Waals surface area contributed by atoms with Crippen LogP contribution in [0.3, 0.4) is 0 Å². The molecule has 39 heavy (non-hydrogen) atoms. The van der Waals surface area contributed by atoms with Crippen LogP contribution in [-0.2, 0) is 7.05 Å². The van der Waals surface area contributed by atoms with Crippen LogP contribution in [0.15, 0.2) is 61.3 Å². The lowest BCUT2D eigenvalue weighted by Crippen LogP contribution is -2.12. The minimum atomic E-state index is 0.297. The van der Waals surface area contributed by atoms with E-state index in [1.807, 2.05) is 62.6 Å².